The molecule has 0 amide bonds. The van der Waals surface area contributed by atoms with Gasteiger partial charge >= 0.3 is 6.36 Å². The second kappa shape index (κ2) is 8.08. The molecule has 0 unspecified atom stereocenters. The monoisotopic (exact) mass is 571 g/mol. The Hall–Kier alpha value is -0.460. The Kier molecular flexibility index (Phi) is 7.23. The summed E-state index contributed by atoms with van der Waals surface area (Å²) in [6.07, 6.45) is -4.72. The van der Waals surface area contributed by atoms with Gasteiger partial charge in [-0.2, -0.15) is 0 Å². The van der Waals surface area contributed by atoms with Crippen LogP contribution in [0.4, 0.5) is 13.2 Å². The molecule has 126 valence electrons. The van der Waals surface area contributed by atoms with Crippen LogP contribution in [0.1, 0.15) is 17.2 Å². The van der Waals surface area contributed by atoms with E-state index in [2.05, 4.69) is 4.74 Å². The molecule has 0 aliphatic rings. The quantitative estimate of drug-likeness (QED) is 0.512. The molecule has 0 aliphatic heterocycles. The van der Waals surface area contributed by atoms with Crippen LogP contribution >= 0.6 is 57.6 Å². The molecule has 0 saturated heterocycles. The Labute approximate surface area is 164 Å². The van der Waals surface area contributed by atoms with E-state index in [9.17, 15) is 18.3 Å². The van der Waals surface area contributed by atoms with Crippen LogP contribution in [0.3, 0.4) is 0 Å². The SMILES string of the molecule is Cl.N[C@@H](c1ccc(OC(F)(F)F)cc1)c1cc(I)c(O)c(I)c1. The Bertz CT molecular complexity index is 658. The third-order valence-corrected chi connectivity index (χ3v) is 4.52. The zero-order chi connectivity index (χ0) is 16.5. The van der Waals surface area contributed by atoms with Gasteiger partial charge in [-0.05, 0) is 80.6 Å². The average molecular weight is 572 g/mol. The Morgan fingerprint density at radius 3 is 1.91 bits per heavy atom. The first kappa shape index (κ1) is 20.6. The molecule has 2 aromatic rings. The van der Waals surface area contributed by atoms with Crippen LogP contribution < -0.4 is 10.5 Å². The van der Waals surface area contributed by atoms with Crippen molar-refractivity contribution in [3.05, 3.63) is 54.7 Å². The highest BCUT2D eigenvalue weighted by Gasteiger charge is 2.31. The Balaban J connectivity index is 0.00000264. The summed E-state index contributed by atoms with van der Waals surface area (Å²) in [5.41, 5.74) is 7.54. The van der Waals surface area contributed by atoms with Gasteiger partial charge in [0.05, 0.1) is 13.2 Å². The lowest BCUT2D eigenvalue weighted by molar-refractivity contribution is -0.274. The fourth-order valence-electron chi connectivity index (χ4n) is 1.83. The van der Waals surface area contributed by atoms with Gasteiger partial charge in [0.15, 0.2) is 0 Å². The van der Waals surface area contributed by atoms with E-state index < -0.39 is 12.4 Å². The molecule has 0 spiro atoms. The standard InChI is InChI=1S/C14H10F3I2NO2.ClH/c15-14(16,17)22-9-3-1-7(2-4-9)12(20)8-5-10(18)13(21)11(19)6-8;/h1-6,12,21H,20H2;1H/t12-;/m0./s1. The number of phenolic OH excluding ortho intramolecular Hbond substituents is 1. The van der Waals surface area contributed by atoms with Crippen LogP contribution in [0, 0.1) is 7.14 Å². The van der Waals surface area contributed by atoms with Gasteiger partial charge in [-0.15, -0.1) is 25.6 Å². The van der Waals surface area contributed by atoms with E-state index >= 15 is 0 Å². The maximum absolute atomic E-state index is 12.1. The van der Waals surface area contributed by atoms with Gasteiger partial charge in [-0.1, -0.05) is 12.1 Å². The highest BCUT2D eigenvalue weighted by Crippen LogP contribution is 2.32. The van der Waals surface area contributed by atoms with Gasteiger partial charge in [0.2, 0.25) is 0 Å². The number of phenols is 1. The number of halogens is 6. The summed E-state index contributed by atoms with van der Waals surface area (Å²) in [4.78, 5) is 0. The minimum atomic E-state index is -4.72. The summed E-state index contributed by atoms with van der Waals surface area (Å²) in [5, 5.41) is 9.75. The second-order valence-corrected chi connectivity index (χ2v) is 6.75. The van der Waals surface area contributed by atoms with Crippen molar-refractivity contribution in [3.63, 3.8) is 0 Å². The van der Waals surface area contributed by atoms with Gasteiger partial charge in [0, 0.05) is 0 Å². The molecule has 0 saturated carbocycles. The molecule has 23 heavy (non-hydrogen) atoms. The topological polar surface area (TPSA) is 55.5 Å². The lowest BCUT2D eigenvalue weighted by Crippen LogP contribution is -2.17. The number of hydrogen-bond donors (Lipinski definition) is 2. The number of hydrogen-bond acceptors (Lipinski definition) is 3. The first-order valence-corrected chi connectivity index (χ1v) is 8.12. The van der Waals surface area contributed by atoms with E-state index in [1.54, 1.807) is 12.1 Å². The number of benzene rings is 2. The van der Waals surface area contributed by atoms with Crippen molar-refractivity contribution in [2.24, 2.45) is 5.73 Å². The molecule has 2 aromatic carbocycles. The first-order chi connectivity index (χ1) is 10.2. The fraction of sp³-hybridized carbons (Fsp3) is 0.143. The molecule has 3 nitrogen and oxygen atoms in total. The van der Waals surface area contributed by atoms with E-state index in [1.165, 1.54) is 24.3 Å². The van der Waals surface area contributed by atoms with E-state index in [0.717, 1.165) is 5.56 Å². The number of aromatic hydroxyl groups is 1. The highest BCUT2D eigenvalue weighted by atomic mass is 127. The largest absolute Gasteiger partial charge is 0.573 e. The van der Waals surface area contributed by atoms with Crippen molar-refractivity contribution in [3.8, 4) is 11.5 Å². The normalized spacial score (nSPS) is 12.4. The number of nitrogens with two attached hydrogens (primary N) is 1. The molecule has 0 fully saturated rings. The molecule has 1 atom stereocenters. The van der Waals surface area contributed by atoms with Gasteiger partial charge < -0.3 is 15.6 Å². The number of rotatable bonds is 3. The lowest BCUT2D eigenvalue weighted by Gasteiger charge is -2.15. The zero-order valence-electron chi connectivity index (χ0n) is 11.3. The Morgan fingerprint density at radius 1 is 1.00 bits per heavy atom. The fourth-order valence-corrected chi connectivity index (χ4v) is 3.65. The molecule has 3 N–H and O–H groups in total. The van der Waals surface area contributed by atoms with Crippen molar-refractivity contribution in [2.75, 3.05) is 0 Å². The minimum Gasteiger partial charge on any atom is -0.506 e. The molecule has 2 rings (SSSR count). The van der Waals surface area contributed by atoms with Gasteiger partial charge in [0.25, 0.3) is 0 Å². The maximum Gasteiger partial charge on any atom is 0.573 e. The van der Waals surface area contributed by atoms with Crippen molar-refractivity contribution in [1.29, 1.82) is 0 Å². The highest BCUT2D eigenvalue weighted by molar-refractivity contribution is 14.1. The van der Waals surface area contributed by atoms with E-state index in [1.807, 2.05) is 45.2 Å². The van der Waals surface area contributed by atoms with Crippen LogP contribution in [0.2, 0.25) is 0 Å². The van der Waals surface area contributed by atoms with Crippen molar-refractivity contribution in [1.82, 2.24) is 0 Å². The minimum absolute atomic E-state index is 0. The molecular weight excluding hydrogens is 560 g/mol. The molecule has 9 heteroatoms. The van der Waals surface area contributed by atoms with Crippen molar-refractivity contribution >= 4 is 57.6 Å². The van der Waals surface area contributed by atoms with Crippen molar-refractivity contribution < 1.29 is 23.0 Å². The summed E-state index contributed by atoms with van der Waals surface area (Å²) >= 11 is 3.99. The predicted octanol–water partition coefficient (Wildman–Crippen LogP) is 4.97. The van der Waals surface area contributed by atoms with Crippen LogP contribution in [-0.4, -0.2) is 11.5 Å². The Morgan fingerprint density at radius 2 is 1.48 bits per heavy atom. The zero-order valence-corrected chi connectivity index (χ0v) is 16.4. The summed E-state index contributed by atoms with van der Waals surface area (Å²) in [7, 11) is 0. The lowest BCUT2D eigenvalue weighted by atomic mass is 9.99. The van der Waals surface area contributed by atoms with E-state index in [-0.39, 0.29) is 23.9 Å². The van der Waals surface area contributed by atoms with Gasteiger partial charge in [-0.25, -0.2) is 0 Å². The first-order valence-electron chi connectivity index (χ1n) is 5.96. The van der Waals surface area contributed by atoms with Crippen molar-refractivity contribution in [2.45, 2.75) is 12.4 Å². The third kappa shape index (κ3) is 5.54. The summed E-state index contributed by atoms with van der Waals surface area (Å²) in [6, 6.07) is 8.38. The summed E-state index contributed by atoms with van der Waals surface area (Å²) in [5.74, 6) is -0.107. The second-order valence-electron chi connectivity index (χ2n) is 4.43. The number of alkyl halides is 3. The smallest absolute Gasteiger partial charge is 0.506 e. The van der Waals surface area contributed by atoms with Crippen LogP contribution in [0.5, 0.6) is 11.5 Å². The molecule has 0 heterocycles. The maximum atomic E-state index is 12.1. The predicted molar refractivity (Wildman–Crippen MR) is 99.9 cm³/mol. The van der Waals surface area contributed by atoms with Crippen LogP contribution in [0.15, 0.2) is 36.4 Å². The van der Waals surface area contributed by atoms with E-state index in [4.69, 9.17) is 5.73 Å². The van der Waals surface area contributed by atoms with Gasteiger partial charge in [-0.3, -0.25) is 0 Å². The summed E-state index contributed by atoms with van der Waals surface area (Å²) < 4.78 is 41.5. The third-order valence-electron chi connectivity index (χ3n) is 2.87. The number of ether oxygens (including phenoxy) is 1. The molecule has 0 radical (unpaired) electrons. The van der Waals surface area contributed by atoms with Crippen LogP contribution in [-0.2, 0) is 0 Å². The van der Waals surface area contributed by atoms with Gasteiger partial charge in [0.1, 0.15) is 11.5 Å². The molecule has 0 aliphatic carbocycles. The molecule has 0 bridgehead atoms. The van der Waals surface area contributed by atoms with Crippen LogP contribution in [0.25, 0.3) is 0 Å². The average Bonchev–Trinajstić information content (AvgIpc) is 2.42. The summed E-state index contributed by atoms with van der Waals surface area (Å²) in [6.45, 7) is 0. The molecule has 0 aromatic heterocycles. The molecular formula is C14H11ClF3I2NO2. The van der Waals surface area contributed by atoms with E-state index in [0.29, 0.717) is 12.7 Å².